The van der Waals surface area contributed by atoms with Crippen molar-refractivity contribution in [1.82, 2.24) is 25.5 Å². The number of halogens is 1. The summed E-state index contributed by atoms with van der Waals surface area (Å²) in [6.45, 7) is 2.18. The van der Waals surface area contributed by atoms with E-state index in [1.54, 1.807) is 16.4 Å². The van der Waals surface area contributed by atoms with Crippen molar-refractivity contribution in [2.24, 2.45) is 7.05 Å². The smallest absolute Gasteiger partial charge is 0.209 e. The van der Waals surface area contributed by atoms with Gasteiger partial charge >= 0.3 is 0 Å². The summed E-state index contributed by atoms with van der Waals surface area (Å²) in [7, 11) is 1.85. The number of ether oxygens (including phenoxy) is 1. The highest BCUT2D eigenvalue weighted by atomic mass is 35.5. The van der Waals surface area contributed by atoms with Crippen LogP contribution in [0.4, 0.5) is 0 Å². The van der Waals surface area contributed by atoms with Gasteiger partial charge in [-0.1, -0.05) is 53.7 Å². The molecule has 6 nitrogen and oxygen atoms in total. The molecular weight excluding hydrogens is 382 g/mol. The number of nitrogens with one attached hydrogen (secondary N) is 1. The molecule has 2 aromatic carbocycles. The molecule has 0 unspecified atom stereocenters. The molecule has 0 aliphatic rings. The zero-order chi connectivity index (χ0) is 18.9. The predicted octanol–water partition coefficient (Wildman–Crippen LogP) is 3.71. The predicted molar refractivity (Wildman–Crippen MR) is 108 cm³/mol. The third-order valence-corrected chi connectivity index (χ3v) is 5.21. The molecule has 0 aliphatic carbocycles. The first-order valence-electron chi connectivity index (χ1n) is 8.73. The Bertz CT molecular complexity index is 857. The molecule has 0 spiro atoms. The molecule has 0 saturated carbocycles. The van der Waals surface area contributed by atoms with Gasteiger partial charge in [-0.3, -0.25) is 0 Å². The van der Waals surface area contributed by atoms with E-state index in [0.29, 0.717) is 6.61 Å². The van der Waals surface area contributed by atoms with Crippen molar-refractivity contribution in [3.8, 4) is 5.75 Å². The van der Waals surface area contributed by atoms with Crippen LogP contribution in [0.5, 0.6) is 5.75 Å². The fourth-order valence-corrected chi connectivity index (χ4v) is 3.51. The normalized spacial score (nSPS) is 10.9. The lowest BCUT2D eigenvalue weighted by atomic mass is 10.2. The number of tetrazole rings is 1. The van der Waals surface area contributed by atoms with Crippen LogP contribution in [0.15, 0.2) is 53.7 Å². The van der Waals surface area contributed by atoms with Gasteiger partial charge in [0.05, 0.1) is 0 Å². The van der Waals surface area contributed by atoms with Gasteiger partial charge in [-0.05, 0) is 47.2 Å². The third kappa shape index (κ3) is 6.23. The molecule has 1 heterocycles. The Balaban J connectivity index is 1.41. The Kier molecular flexibility index (Phi) is 7.50. The second-order valence-corrected chi connectivity index (χ2v) is 7.49. The van der Waals surface area contributed by atoms with E-state index in [0.717, 1.165) is 52.3 Å². The highest BCUT2D eigenvalue weighted by Crippen LogP contribution is 2.20. The van der Waals surface area contributed by atoms with Crippen LogP contribution in [-0.2, 0) is 20.2 Å². The van der Waals surface area contributed by atoms with E-state index in [-0.39, 0.29) is 0 Å². The second kappa shape index (κ2) is 10.3. The van der Waals surface area contributed by atoms with Crippen molar-refractivity contribution in [3.05, 3.63) is 64.7 Å². The molecule has 0 fully saturated rings. The highest BCUT2D eigenvalue weighted by Gasteiger charge is 2.05. The van der Waals surface area contributed by atoms with E-state index >= 15 is 0 Å². The van der Waals surface area contributed by atoms with Gasteiger partial charge in [0.25, 0.3) is 0 Å². The van der Waals surface area contributed by atoms with Gasteiger partial charge in [0.1, 0.15) is 12.4 Å². The first-order valence-corrected chi connectivity index (χ1v) is 10.1. The molecule has 27 heavy (non-hydrogen) atoms. The monoisotopic (exact) mass is 403 g/mol. The number of hydrogen-bond acceptors (Lipinski definition) is 6. The Morgan fingerprint density at radius 2 is 2.07 bits per heavy atom. The van der Waals surface area contributed by atoms with Gasteiger partial charge in [-0.2, -0.15) is 0 Å². The molecule has 0 amide bonds. The SMILES string of the molecule is Cn1nnnc1SCCCNCc1ccccc1OCc1cccc(Cl)c1. The number of aromatic nitrogens is 4. The number of hydrogen-bond donors (Lipinski definition) is 1. The fourth-order valence-electron chi connectivity index (χ4n) is 2.51. The van der Waals surface area contributed by atoms with E-state index in [4.69, 9.17) is 16.3 Å². The third-order valence-electron chi connectivity index (χ3n) is 3.88. The molecule has 0 saturated heterocycles. The number of rotatable bonds is 10. The molecule has 0 aliphatic heterocycles. The maximum atomic E-state index is 6.03. The lowest BCUT2D eigenvalue weighted by Crippen LogP contribution is -2.16. The fraction of sp³-hybridized carbons (Fsp3) is 0.316. The summed E-state index contributed by atoms with van der Waals surface area (Å²) >= 11 is 7.69. The molecule has 3 rings (SSSR count). The molecule has 8 heteroatoms. The van der Waals surface area contributed by atoms with Crippen molar-refractivity contribution < 1.29 is 4.74 Å². The number of benzene rings is 2. The summed E-state index contributed by atoms with van der Waals surface area (Å²) in [6, 6.07) is 15.8. The van der Waals surface area contributed by atoms with Crippen molar-refractivity contribution in [3.63, 3.8) is 0 Å². The van der Waals surface area contributed by atoms with Crippen LogP contribution >= 0.6 is 23.4 Å². The number of para-hydroxylation sites is 1. The van der Waals surface area contributed by atoms with E-state index in [1.165, 1.54) is 0 Å². The van der Waals surface area contributed by atoms with E-state index in [9.17, 15) is 0 Å². The van der Waals surface area contributed by atoms with Crippen molar-refractivity contribution >= 4 is 23.4 Å². The summed E-state index contributed by atoms with van der Waals surface area (Å²) in [5, 5.41) is 16.5. The van der Waals surface area contributed by atoms with Gasteiger partial charge < -0.3 is 10.1 Å². The molecule has 0 atom stereocenters. The van der Waals surface area contributed by atoms with Crippen molar-refractivity contribution in [2.45, 2.75) is 24.7 Å². The van der Waals surface area contributed by atoms with Gasteiger partial charge in [0.15, 0.2) is 0 Å². The second-order valence-electron chi connectivity index (χ2n) is 5.99. The lowest BCUT2D eigenvalue weighted by molar-refractivity contribution is 0.302. The highest BCUT2D eigenvalue weighted by molar-refractivity contribution is 7.99. The maximum Gasteiger partial charge on any atom is 0.209 e. The summed E-state index contributed by atoms with van der Waals surface area (Å²) in [4.78, 5) is 0. The Hall–Kier alpha value is -2.09. The van der Waals surface area contributed by atoms with E-state index in [2.05, 4.69) is 26.9 Å². The van der Waals surface area contributed by atoms with Crippen LogP contribution < -0.4 is 10.1 Å². The molecule has 0 radical (unpaired) electrons. The molecular formula is C19H22ClN5OS. The Labute approximate surface area is 168 Å². The first-order chi connectivity index (χ1) is 13.2. The zero-order valence-electron chi connectivity index (χ0n) is 15.1. The van der Waals surface area contributed by atoms with Crippen LogP contribution in [-0.4, -0.2) is 32.5 Å². The average Bonchev–Trinajstić information content (AvgIpc) is 3.08. The van der Waals surface area contributed by atoms with Gasteiger partial charge in [-0.15, -0.1) is 5.10 Å². The molecule has 3 aromatic rings. The summed E-state index contributed by atoms with van der Waals surface area (Å²) in [5.41, 5.74) is 2.20. The maximum absolute atomic E-state index is 6.03. The number of nitrogens with zero attached hydrogens (tertiary/aromatic N) is 4. The first kappa shape index (κ1) is 19.7. The molecule has 142 valence electrons. The van der Waals surface area contributed by atoms with Gasteiger partial charge in [-0.25, -0.2) is 4.68 Å². The summed E-state index contributed by atoms with van der Waals surface area (Å²) in [6.07, 6.45) is 1.03. The minimum Gasteiger partial charge on any atom is -0.489 e. The molecule has 0 bridgehead atoms. The topological polar surface area (TPSA) is 64.9 Å². The minimum absolute atomic E-state index is 0.500. The largest absolute Gasteiger partial charge is 0.489 e. The molecule has 1 N–H and O–H groups in total. The minimum atomic E-state index is 0.500. The van der Waals surface area contributed by atoms with Crippen LogP contribution in [0.3, 0.4) is 0 Å². The van der Waals surface area contributed by atoms with Crippen LogP contribution in [0.2, 0.25) is 5.02 Å². The summed E-state index contributed by atoms with van der Waals surface area (Å²) in [5.74, 6) is 1.86. The Morgan fingerprint density at radius 3 is 2.89 bits per heavy atom. The Morgan fingerprint density at radius 1 is 1.19 bits per heavy atom. The number of thioether (sulfide) groups is 1. The summed E-state index contributed by atoms with van der Waals surface area (Å²) < 4.78 is 7.68. The lowest BCUT2D eigenvalue weighted by Gasteiger charge is -2.12. The van der Waals surface area contributed by atoms with Gasteiger partial charge in [0, 0.05) is 29.9 Å². The standard InChI is InChI=1S/C19H22ClN5OS/c1-25-19(22-23-24-25)27-11-5-10-21-13-16-7-2-3-9-18(16)26-14-15-6-4-8-17(20)12-15/h2-4,6-9,12,21H,5,10-11,13-14H2,1H3. The van der Waals surface area contributed by atoms with Crippen LogP contribution in [0.1, 0.15) is 17.5 Å². The quantitative estimate of drug-likeness (QED) is 0.411. The van der Waals surface area contributed by atoms with Crippen molar-refractivity contribution in [1.29, 1.82) is 0 Å². The van der Waals surface area contributed by atoms with Crippen molar-refractivity contribution in [2.75, 3.05) is 12.3 Å². The van der Waals surface area contributed by atoms with E-state index < -0.39 is 0 Å². The van der Waals surface area contributed by atoms with Crippen LogP contribution in [0, 0.1) is 0 Å². The zero-order valence-corrected chi connectivity index (χ0v) is 16.7. The van der Waals surface area contributed by atoms with Gasteiger partial charge in [0.2, 0.25) is 5.16 Å². The van der Waals surface area contributed by atoms with Crippen LogP contribution in [0.25, 0.3) is 0 Å². The average molecular weight is 404 g/mol. The molecule has 1 aromatic heterocycles. The number of aryl methyl sites for hydroxylation is 1. The van der Waals surface area contributed by atoms with E-state index in [1.807, 2.05) is 49.5 Å².